The summed E-state index contributed by atoms with van der Waals surface area (Å²) < 4.78 is 5.65. The Morgan fingerprint density at radius 2 is 1.48 bits per heavy atom. The van der Waals surface area contributed by atoms with Gasteiger partial charge in [0, 0.05) is 6.04 Å². The summed E-state index contributed by atoms with van der Waals surface area (Å²) in [4.78, 5) is 23.1. The Balaban J connectivity index is 1.95. The van der Waals surface area contributed by atoms with Crippen molar-refractivity contribution < 1.29 is 19.4 Å². The standard InChI is InChI=1S/C20H23NO4/c1-13(20(23)24)14(2)21-19(22)15(3)25-18-11-9-17(10-12-18)16-7-5-4-6-8-16/h4-15H,1-3H3,(H,21,22)(H,23,24). The fraction of sp³-hybridized carbons (Fsp3) is 0.300. The lowest BCUT2D eigenvalue weighted by atomic mass is 10.0. The summed E-state index contributed by atoms with van der Waals surface area (Å²) in [5, 5.41) is 11.6. The number of carbonyl (C=O) groups is 2. The van der Waals surface area contributed by atoms with Gasteiger partial charge in [-0.05, 0) is 44.0 Å². The van der Waals surface area contributed by atoms with E-state index in [-0.39, 0.29) is 5.91 Å². The number of nitrogens with one attached hydrogen (secondary N) is 1. The number of carboxylic acids is 1. The molecular weight excluding hydrogens is 318 g/mol. The van der Waals surface area contributed by atoms with Gasteiger partial charge in [-0.15, -0.1) is 0 Å². The third kappa shape index (κ3) is 5.08. The number of hydrogen-bond donors (Lipinski definition) is 2. The topological polar surface area (TPSA) is 75.6 Å². The summed E-state index contributed by atoms with van der Waals surface area (Å²) in [5.74, 6) is -1.37. The zero-order valence-corrected chi connectivity index (χ0v) is 14.6. The molecule has 2 N–H and O–H groups in total. The Morgan fingerprint density at radius 3 is 2.04 bits per heavy atom. The number of ether oxygens (including phenoxy) is 1. The van der Waals surface area contributed by atoms with Gasteiger partial charge in [-0.2, -0.15) is 0 Å². The van der Waals surface area contributed by atoms with E-state index in [2.05, 4.69) is 5.32 Å². The third-order valence-electron chi connectivity index (χ3n) is 4.15. The maximum atomic E-state index is 12.1. The number of rotatable bonds is 7. The zero-order valence-electron chi connectivity index (χ0n) is 14.6. The van der Waals surface area contributed by atoms with Crippen molar-refractivity contribution in [3.63, 3.8) is 0 Å². The molecule has 25 heavy (non-hydrogen) atoms. The second-order valence-electron chi connectivity index (χ2n) is 6.07. The molecule has 5 nitrogen and oxygen atoms in total. The minimum absolute atomic E-state index is 0.340. The molecule has 0 aromatic heterocycles. The van der Waals surface area contributed by atoms with Gasteiger partial charge in [0.1, 0.15) is 5.75 Å². The average Bonchev–Trinajstić information content (AvgIpc) is 2.62. The van der Waals surface area contributed by atoms with Crippen molar-refractivity contribution in [1.82, 2.24) is 5.32 Å². The Hall–Kier alpha value is -2.82. The van der Waals surface area contributed by atoms with E-state index in [1.165, 1.54) is 0 Å². The second-order valence-corrected chi connectivity index (χ2v) is 6.07. The Kier molecular flexibility index (Phi) is 6.17. The number of aliphatic carboxylic acids is 1. The molecule has 0 bridgehead atoms. The van der Waals surface area contributed by atoms with Crippen LogP contribution in [0.15, 0.2) is 54.6 Å². The predicted octanol–water partition coefficient (Wildman–Crippen LogP) is 3.35. The van der Waals surface area contributed by atoms with Crippen LogP contribution in [0.2, 0.25) is 0 Å². The van der Waals surface area contributed by atoms with Crippen LogP contribution < -0.4 is 10.1 Å². The van der Waals surface area contributed by atoms with Gasteiger partial charge in [0.2, 0.25) is 0 Å². The van der Waals surface area contributed by atoms with E-state index in [1.807, 2.05) is 54.6 Å². The van der Waals surface area contributed by atoms with Crippen LogP contribution >= 0.6 is 0 Å². The van der Waals surface area contributed by atoms with Gasteiger partial charge in [0.05, 0.1) is 5.92 Å². The van der Waals surface area contributed by atoms with E-state index in [4.69, 9.17) is 9.84 Å². The van der Waals surface area contributed by atoms with E-state index < -0.39 is 24.0 Å². The molecule has 2 rings (SSSR count). The Labute approximate surface area is 147 Å². The minimum Gasteiger partial charge on any atom is -0.481 e. The zero-order chi connectivity index (χ0) is 18.4. The molecule has 0 spiro atoms. The SMILES string of the molecule is CC(Oc1ccc(-c2ccccc2)cc1)C(=O)NC(C)C(C)C(=O)O. The Bertz CT molecular complexity index is 712. The molecule has 0 saturated heterocycles. The minimum atomic E-state index is -0.946. The van der Waals surface area contributed by atoms with Crippen LogP contribution in [-0.4, -0.2) is 29.1 Å². The molecule has 0 heterocycles. The molecule has 0 aliphatic carbocycles. The lowest BCUT2D eigenvalue weighted by Gasteiger charge is -2.21. The molecular formula is C20H23NO4. The van der Waals surface area contributed by atoms with E-state index in [0.717, 1.165) is 11.1 Å². The molecule has 2 aromatic rings. The third-order valence-corrected chi connectivity index (χ3v) is 4.15. The lowest BCUT2D eigenvalue weighted by molar-refractivity contribution is -0.142. The van der Waals surface area contributed by atoms with E-state index in [0.29, 0.717) is 5.75 Å². The van der Waals surface area contributed by atoms with Gasteiger partial charge in [-0.25, -0.2) is 0 Å². The largest absolute Gasteiger partial charge is 0.481 e. The molecule has 132 valence electrons. The van der Waals surface area contributed by atoms with Crippen molar-refractivity contribution in [1.29, 1.82) is 0 Å². The maximum Gasteiger partial charge on any atom is 0.308 e. The maximum absolute atomic E-state index is 12.1. The van der Waals surface area contributed by atoms with Gasteiger partial charge in [0.15, 0.2) is 6.10 Å². The quantitative estimate of drug-likeness (QED) is 0.810. The van der Waals surface area contributed by atoms with Gasteiger partial charge in [0.25, 0.3) is 5.91 Å². The summed E-state index contributed by atoms with van der Waals surface area (Å²) in [5.41, 5.74) is 2.17. The van der Waals surface area contributed by atoms with Crippen LogP contribution in [0.4, 0.5) is 0 Å². The molecule has 0 aliphatic heterocycles. The van der Waals surface area contributed by atoms with Crippen molar-refractivity contribution in [2.75, 3.05) is 0 Å². The summed E-state index contributed by atoms with van der Waals surface area (Å²) in [7, 11) is 0. The smallest absolute Gasteiger partial charge is 0.308 e. The van der Waals surface area contributed by atoms with Crippen molar-refractivity contribution in [3.8, 4) is 16.9 Å². The normalized spacial score (nSPS) is 14.2. The molecule has 3 atom stereocenters. The summed E-state index contributed by atoms with van der Waals surface area (Å²) >= 11 is 0. The lowest BCUT2D eigenvalue weighted by Crippen LogP contribution is -2.45. The fourth-order valence-electron chi connectivity index (χ4n) is 2.29. The van der Waals surface area contributed by atoms with E-state index in [9.17, 15) is 9.59 Å². The van der Waals surface area contributed by atoms with Crippen molar-refractivity contribution >= 4 is 11.9 Å². The molecule has 0 aliphatic rings. The summed E-state index contributed by atoms with van der Waals surface area (Å²) in [6, 6.07) is 17.0. The van der Waals surface area contributed by atoms with Crippen LogP contribution in [0.3, 0.4) is 0 Å². The molecule has 1 amide bonds. The predicted molar refractivity (Wildman–Crippen MR) is 96.4 cm³/mol. The number of carbonyl (C=O) groups excluding carboxylic acids is 1. The highest BCUT2D eigenvalue weighted by Gasteiger charge is 2.24. The first-order chi connectivity index (χ1) is 11.9. The molecule has 0 radical (unpaired) electrons. The first-order valence-corrected chi connectivity index (χ1v) is 8.24. The van der Waals surface area contributed by atoms with Crippen LogP contribution in [0.1, 0.15) is 20.8 Å². The number of benzene rings is 2. The first kappa shape index (κ1) is 18.5. The number of carboxylic acid groups (broad SMARTS) is 1. The van der Waals surface area contributed by atoms with E-state index >= 15 is 0 Å². The highest BCUT2D eigenvalue weighted by Crippen LogP contribution is 2.22. The van der Waals surface area contributed by atoms with Gasteiger partial charge in [-0.1, -0.05) is 42.5 Å². The summed E-state index contributed by atoms with van der Waals surface area (Å²) in [6.07, 6.45) is -0.717. The molecule has 3 unspecified atom stereocenters. The van der Waals surface area contributed by atoms with Crippen LogP contribution in [0.25, 0.3) is 11.1 Å². The van der Waals surface area contributed by atoms with Crippen molar-refractivity contribution in [3.05, 3.63) is 54.6 Å². The average molecular weight is 341 g/mol. The van der Waals surface area contributed by atoms with Gasteiger partial charge < -0.3 is 15.2 Å². The fourth-order valence-corrected chi connectivity index (χ4v) is 2.29. The molecule has 0 fully saturated rings. The Morgan fingerprint density at radius 1 is 0.920 bits per heavy atom. The van der Waals surface area contributed by atoms with Crippen LogP contribution in [0.5, 0.6) is 5.75 Å². The first-order valence-electron chi connectivity index (χ1n) is 8.24. The molecule has 5 heteroatoms. The van der Waals surface area contributed by atoms with Crippen molar-refractivity contribution in [2.45, 2.75) is 32.9 Å². The number of amides is 1. The highest BCUT2D eigenvalue weighted by molar-refractivity contribution is 5.82. The van der Waals surface area contributed by atoms with Gasteiger partial charge in [-0.3, -0.25) is 9.59 Å². The highest BCUT2D eigenvalue weighted by atomic mass is 16.5. The monoisotopic (exact) mass is 341 g/mol. The number of hydrogen-bond acceptors (Lipinski definition) is 3. The molecule has 0 saturated carbocycles. The van der Waals surface area contributed by atoms with E-state index in [1.54, 1.807) is 20.8 Å². The van der Waals surface area contributed by atoms with Crippen LogP contribution in [0, 0.1) is 5.92 Å². The van der Waals surface area contributed by atoms with Crippen molar-refractivity contribution in [2.24, 2.45) is 5.92 Å². The second kappa shape index (κ2) is 8.33. The van der Waals surface area contributed by atoms with Gasteiger partial charge >= 0.3 is 5.97 Å². The van der Waals surface area contributed by atoms with Crippen LogP contribution in [-0.2, 0) is 9.59 Å². The molecule has 2 aromatic carbocycles. The summed E-state index contributed by atoms with van der Waals surface area (Å²) in [6.45, 7) is 4.86.